The lowest BCUT2D eigenvalue weighted by atomic mass is 10.0. The van der Waals surface area contributed by atoms with Gasteiger partial charge in [-0.05, 0) is 19.1 Å². The van der Waals surface area contributed by atoms with Gasteiger partial charge in [0.25, 0.3) is 11.8 Å². The van der Waals surface area contributed by atoms with Gasteiger partial charge in [-0.3, -0.25) is 9.59 Å². The van der Waals surface area contributed by atoms with Gasteiger partial charge in [-0.25, -0.2) is 8.78 Å². The number of hydrogen-bond donors (Lipinski definition) is 1. The summed E-state index contributed by atoms with van der Waals surface area (Å²) in [5.41, 5.74) is 0.0255. The molecule has 4 nitrogen and oxygen atoms in total. The van der Waals surface area contributed by atoms with Crippen LogP contribution in [-0.4, -0.2) is 18.4 Å². The number of amides is 1. The number of carbonyl (C=O) groups excluding carboxylic acids is 1. The SMILES string of the molecule is Cc1c(-c2ccccc2)oc2c(C(=O)NCC3(C)CC3(F)F)cccc2c1=O. The van der Waals surface area contributed by atoms with Crippen LogP contribution in [0.1, 0.15) is 29.3 Å². The maximum Gasteiger partial charge on any atom is 0.256 e. The Morgan fingerprint density at radius 2 is 1.82 bits per heavy atom. The van der Waals surface area contributed by atoms with Gasteiger partial charge in [0, 0.05) is 24.1 Å². The largest absolute Gasteiger partial charge is 0.455 e. The van der Waals surface area contributed by atoms with Gasteiger partial charge in [-0.1, -0.05) is 43.3 Å². The number of halogens is 2. The molecule has 3 aromatic rings. The summed E-state index contributed by atoms with van der Waals surface area (Å²) in [6.07, 6.45) is -0.248. The molecule has 0 aliphatic heterocycles. The zero-order chi connectivity index (χ0) is 20.1. The first kappa shape index (κ1) is 18.3. The van der Waals surface area contributed by atoms with E-state index in [4.69, 9.17) is 4.42 Å². The second-order valence-electron chi connectivity index (χ2n) is 7.56. The molecule has 144 valence electrons. The lowest BCUT2D eigenvalue weighted by molar-refractivity contribution is 0.0676. The van der Waals surface area contributed by atoms with Crippen molar-refractivity contribution >= 4 is 16.9 Å². The van der Waals surface area contributed by atoms with E-state index in [1.165, 1.54) is 13.0 Å². The third-order valence-electron chi connectivity index (χ3n) is 5.43. The number of nitrogens with one attached hydrogen (secondary N) is 1. The van der Waals surface area contributed by atoms with Gasteiger partial charge < -0.3 is 9.73 Å². The summed E-state index contributed by atoms with van der Waals surface area (Å²) >= 11 is 0. The van der Waals surface area contributed by atoms with Crippen molar-refractivity contribution < 1.29 is 18.0 Å². The molecule has 6 heteroatoms. The fourth-order valence-electron chi connectivity index (χ4n) is 3.36. The van der Waals surface area contributed by atoms with Gasteiger partial charge in [0.2, 0.25) is 0 Å². The Kier molecular flexibility index (Phi) is 4.10. The van der Waals surface area contributed by atoms with Crippen LogP contribution in [0.25, 0.3) is 22.3 Å². The molecule has 2 aromatic carbocycles. The monoisotopic (exact) mass is 383 g/mol. The summed E-state index contributed by atoms with van der Waals surface area (Å²) in [5, 5.41) is 2.85. The van der Waals surface area contributed by atoms with Crippen molar-refractivity contribution in [1.82, 2.24) is 5.32 Å². The second-order valence-corrected chi connectivity index (χ2v) is 7.56. The standard InChI is InChI=1S/C22H19F2NO3/c1-13-17(26)15-9-6-10-16(20(27)25-12-21(2)11-22(21,23)24)19(15)28-18(13)14-7-4-3-5-8-14/h3-10H,11-12H2,1-2H3,(H,25,27). The Labute approximate surface area is 160 Å². The number of hydrogen-bond acceptors (Lipinski definition) is 3. The molecule has 28 heavy (non-hydrogen) atoms. The number of alkyl halides is 2. The van der Waals surface area contributed by atoms with Crippen LogP contribution in [0.3, 0.4) is 0 Å². The Morgan fingerprint density at radius 1 is 1.14 bits per heavy atom. The van der Waals surface area contributed by atoms with Crippen LogP contribution >= 0.6 is 0 Å². The Morgan fingerprint density at radius 3 is 2.46 bits per heavy atom. The molecule has 0 radical (unpaired) electrons. The molecular weight excluding hydrogens is 364 g/mol. The molecule has 1 N–H and O–H groups in total. The van der Waals surface area contributed by atoms with Crippen LogP contribution in [0.2, 0.25) is 0 Å². The predicted molar refractivity (Wildman–Crippen MR) is 103 cm³/mol. The van der Waals surface area contributed by atoms with E-state index in [1.54, 1.807) is 19.1 Å². The quantitative estimate of drug-likeness (QED) is 0.719. The maximum atomic E-state index is 13.4. The van der Waals surface area contributed by atoms with E-state index in [1.807, 2.05) is 30.3 Å². The molecule has 0 saturated heterocycles. The third-order valence-corrected chi connectivity index (χ3v) is 5.43. The van der Waals surface area contributed by atoms with E-state index >= 15 is 0 Å². The highest BCUT2D eigenvalue weighted by Gasteiger charge is 2.67. The first-order valence-corrected chi connectivity index (χ1v) is 9.01. The molecule has 1 saturated carbocycles. The van der Waals surface area contributed by atoms with E-state index in [0.29, 0.717) is 11.3 Å². The van der Waals surface area contributed by atoms with Crippen molar-refractivity contribution in [1.29, 1.82) is 0 Å². The molecule has 0 spiro atoms. The van der Waals surface area contributed by atoms with Crippen molar-refractivity contribution in [2.45, 2.75) is 26.2 Å². The van der Waals surface area contributed by atoms with Gasteiger partial charge in [0.05, 0.1) is 16.4 Å². The Balaban J connectivity index is 1.76. The third kappa shape index (κ3) is 2.89. The molecular formula is C22H19F2NO3. The number of para-hydroxylation sites is 1. The molecule has 1 atom stereocenters. The van der Waals surface area contributed by atoms with E-state index in [9.17, 15) is 18.4 Å². The number of fused-ring (bicyclic) bond motifs is 1. The number of carbonyl (C=O) groups is 1. The highest BCUT2D eigenvalue weighted by atomic mass is 19.3. The molecule has 1 amide bonds. The van der Waals surface area contributed by atoms with Gasteiger partial charge in [0.15, 0.2) is 11.0 Å². The fraction of sp³-hybridized carbons (Fsp3) is 0.273. The highest BCUT2D eigenvalue weighted by Crippen LogP contribution is 2.59. The van der Waals surface area contributed by atoms with Gasteiger partial charge >= 0.3 is 0 Å². The summed E-state index contributed by atoms with van der Waals surface area (Å²) < 4.78 is 32.8. The lowest BCUT2D eigenvalue weighted by Crippen LogP contribution is -2.31. The summed E-state index contributed by atoms with van der Waals surface area (Å²) in [6.45, 7) is 2.97. The zero-order valence-electron chi connectivity index (χ0n) is 15.5. The van der Waals surface area contributed by atoms with Crippen LogP contribution < -0.4 is 10.7 Å². The number of benzene rings is 2. The Bertz CT molecular complexity index is 1140. The van der Waals surface area contributed by atoms with Crippen molar-refractivity contribution in [3.63, 3.8) is 0 Å². The first-order chi connectivity index (χ1) is 13.2. The minimum atomic E-state index is -2.76. The van der Waals surface area contributed by atoms with Gasteiger partial charge in [-0.15, -0.1) is 0 Å². The van der Waals surface area contributed by atoms with Crippen molar-refractivity contribution in [3.05, 3.63) is 69.9 Å². The Hall–Kier alpha value is -3.02. The lowest BCUT2D eigenvalue weighted by Gasteiger charge is -2.13. The van der Waals surface area contributed by atoms with E-state index in [-0.39, 0.29) is 34.9 Å². The fourth-order valence-corrected chi connectivity index (χ4v) is 3.36. The van der Waals surface area contributed by atoms with Crippen molar-refractivity contribution in [2.75, 3.05) is 6.54 Å². The first-order valence-electron chi connectivity index (χ1n) is 9.01. The molecule has 1 heterocycles. The van der Waals surface area contributed by atoms with Crippen LogP contribution in [0, 0.1) is 12.3 Å². The average Bonchev–Trinajstić information content (AvgIpc) is 3.20. The van der Waals surface area contributed by atoms with Crippen LogP contribution in [0.4, 0.5) is 8.78 Å². The van der Waals surface area contributed by atoms with E-state index < -0.39 is 17.2 Å². The normalized spacial score (nSPS) is 20.1. The molecule has 1 unspecified atom stereocenters. The molecule has 4 rings (SSSR count). The highest BCUT2D eigenvalue weighted by molar-refractivity contribution is 6.05. The van der Waals surface area contributed by atoms with Crippen LogP contribution in [-0.2, 0) is 0 Å². The minimum Gasteiger partial charge on any atom is -0.455 e. The van der Waals surface area contributed by atoms with E-state index in [0.717, 1.165) is 5.56 Å². The minimum absolute atomic E-state index is 0.142. The van der Waals surface area contributed by atoms with Crippen LogP contribution in [0.5, 0.6) is 0 Å². The molecule has 1 fully saturated rings. The van der Waals surface area contributed by atoms with Gasteiger partial charge in [0.1, 0.15) is 5.76 Å². The van der Waals surface area contributed by atoms with Gasteiger partial charge in [-0.2, -0.15) is 0 Å². The van der Waals surface area contributed by atoms with E-state index in [2.05, 4.69) is 5.32 Å². The maximum absolute atomic E-state index is 13.4. The summed E-state index contributed by atoms with van der Waals surface area (Å²) in [6, 6.07) is 13.8. The molecule has 1 aliphatic carbocycles. The summed E-state index contributed by atoms with van der Waals surface area (Å²) in [7, 11) is 0. The number of rotatable bonds is 4. The molecule has 1 aromatic heterocycles. The second kappa shape index (κ2) is 6.26. The predicted octanol–water partition coefficient (Wildman–Crippen LogP) is 4.54. The summed E-state index contributed by atoms with van der Waals surface area (Å²) in [5.74, 6) is -2.91. The van der Waals surface area contributed by atoms with Crippen molar-refractivity contribution in [3.8, 4) is 11.3 Å². The van der Waals surface area contributed by atoms with Crippen molar-refractivity contribution in [2.24, 2.45) is 5.41 Å². The average molecular weight is 383 g/mol. The molecule has 1 aliphatic rings. The van der Waals surface area contributed by atoms with Crippen LogP contribution in [0.15, 0.2) is 57.7 Å². The smallest absolute Gasteiger partial charge is 0.256 e. The molecule has 0 bridgehead atoms. The zero-order valence-corrected chi connectivity index (χ0v) is 15.5. The summed E-state index contributed by atoms with van der Waals surface area (Å²) in [4.78, 5) is 25.5. The topological polar surface area (TPSA) is 59.3 Å².